The fraction of sp³-hybridized carbons (Fsp3) is 0.500. The maximum Gasteiger partial charge on any atom is 0.341 e. The van der Waals surface area contributed by atoms with Crippen LogP contribution in [0.2, 0.25) is 0 Å². The molecule has 2 amide bonds. The van der Waals surface area contributed by atoms with Crippen molar-refractivity contribution in [2.75, 3.05) is 6.54 Å². The van der Waals surface area contributed by atoms with E-state index in [9.17, 15) is 9.18 Å². The van der Waals surface area contributed by atoms with Crippen LogP contribution in [0.1, 0.15) is 34.1 Å². The van der Waals surface area contributed by atoms with Crippen molar-refractivity contribution >= 4 is 11.9 Å². The molecule has 1 fully saturated rings. The molecule has 5 nitrogen and oxygen atoms in total. The number of amidine groups is 1. The van der Waals surface area contributed by atoms with Gasteiger partial charge in [0.05, 0.1) is 17.8 Å². The number of hydrogen-bond donors (Lipinski definition) is 2. The Morgan fingerprint density at radius 3 is 2.82 bits per heavy atom. The zero-order valence-corrected chi connectivity index (χ0v) is 13.7. The molecule has 0 aliphatic carbocycles. The quantitative estimate of drug-likeness (QED) is 0.450. The molecule has 0 aromatic carbocycles. The van der Waals surface area contributed by atoms with Gasteiger partial charge in [0, 0.05) is 6.42 Å². The van der Waals surface area contributed by atoms with Crippen molar-refractivity contribution in [2.24, 2.45) is 4.99 Å². The monoisotopic (exact) mass is 308 g/mol. The summed E-state index contributed by atoms with van der Waals surface area (Å²) in [7, 11) is 0. The van der Waals surface area contributed by atoms with Gasteiger partial charge in [-0.15, -0.1) is 0 Å². The predicted octanol–water partition coefficient (Wildman–Crippen LogP) is 3.09. The number of amides is 2. The number of halogens is 1. The van der Waals surface area contributed by atoms with Crippen molar-refractivity contribution in [3.8, 4) is 0 Å². The number of carbonyl (C=O) groups is 1. The fourth-order valence-corrected chi connectivity index (χ4v) is 2.21. The van der Waals surface area contributed by atoms with E-state index >= 15 is 0 Å². The number of nitrogens with one attached hydrogen (secondary N) is 2. The van der Waals surface area contributed by atoms with E-state index in [0.717, 1.165) is 5.57 Å². The summed E-state index contributed by atoms with van der Waals surface area (Å²) in [5.74, 6) is 0.456. The van der Waals surface area contributed by atoms with Gasteiger partial charge in [0.2, 0.25) is 0 Å². The molecule has 1 heterocycles. The highest BCUT2D eigenvalue weighted by Crippen LogP contribution is 2.30. The van der Waals surface area contributed by atoms with Crippen molar-refractivity contribution < 1.29 is 9.18 Å². The van der Waals surface area contributed by atoms with Gasteiger partial charge in [-0.2, -0.15) is 0 Å². The van der Waals surface area contributed by atoms with Gasteiger partial charge in [-0.25, -0.2) is 14.2 Å². The first kappa shape index (κ1) is 17.9. The van der Waals surface area contributed by atoms with Crippen molar-refractivity contribution in [1.29, 1.82) is 0 Å². The second kappa shape index (κ2) is 7.24. The summed E-state index contributed by atoms with van der Waals surface area (Å²) in [6.45, 7) is 14.9. The van der Waals surface area contributed by atoms with Crippen LogP contribution in [0.5, 0.6) is 0 Å². The first-order chi connectivity index (χ1) is 10.2. The summed E-state index contributed by atoms with van der Waals surface area (Å²) >= 11 is 0. The van der Waals surface area contributed by atoms with E-state index in [-0.39, 0.29) is 12.6 Å². The standard InChI is InChI=1S/C16H25FN4O/c1-7-8-11(2)9-16(6)13(4)21(15(22)19-16)20-14(5)18-10-12(3)17/h7-8,12H,2,4,9-10H2,1,3,5-6H3,(H,18,20)(H,19,22). The lowest BCUT2D eigenvalue weighted by atomic mass is 9.91. The Morgan fingerprint density at radius 1 is 1.64 bits per heavy atom. The maximum atomic E-state index is 12.8. The molecule has 0 aromatic rings. The molecule has 1 rings (SSSR count). The minimum atomic E-state index is -1.03. The molecule has 122 valence electrons. The molecular weight excluding hydrogens is 283 g/mol. The van der Waals surface area contributed by atoms with Gasteiger partial charge < -0.3 is 5.32 Å². The Kier molecular flexibility index (Phi) is 5.91. The predicted molar refractivity (Wildman–Crippen MR) is 88.2 cm³/mol. The van der Waals surface area contributed by atoms with Gasteiger partial charge in [0.25, 0.3) is 0 Å². The molecule has 0 bridgehead atoms. The molecule has 0 aromatic heterocycles. The molecule has 2 atom stereocenters. The Hall–Kier alpha value is -2.11. The zero-order chi connectivity index (χ0) is 16.9. The smallest absolute Gasteiger partial charge is 0.325 e. The molecule has 2 unspecified atom stereocenters. The van der Waals surface area contributed by atoms with E-state index in [1.807, 2.05) is 26.0 Å². The van der Waals surface area contributed by atoms with Crippen LogP contribution in [0.3, 0.4) is 0 Å². The third kappa shape index (κ3) is 4.44. The first-order valence-corrected chi connectivity index (χ1v) is 7.23. The van der Waals surface area contributed by atoms with Gasteiger partial charge in [0.1, 0.15) is 12.0 Å². The van der Waals surface area contributed by atoms with Crippen LogP contribution in [-0.4, -0.2) is 35.1 Å². The van der Waals surface area contributed by atoms with Crippen LogP contribution in [0, 0.1) is 0 Å². The van der Waals surface area contributed by atoms with Crippen LogP contribution in [0.4, 0.5) is 9.18 Å². The summed E-state index contributed by atoms with van der Waals surface area (Å²) in [6.07, 6.45) is 3.33. The number of hydrogen-bond acceptors (Lipinski definition) is 2. The van der Waals surface area contributed by atoms with Crippen LogP contribution in [0.25, 0.3) is 0 Å². The minimum absolute atomic E-state index is 0.0517. The highest BCUT2D eigenvalue weighted by Gasteiger charge is 2.43. The van der Waals surface area contributed by atoms with Gasteiger partial charge in [-0.3, -0.25) is 10.4 Å². The molecular formula is C16H25FN4O. The summed E-state index contributed by atoms with van der Waals surface area (Å²) < 4.78 is 12.8. The van der Waals surface area contributed by atoms with Gasteiger partial charge >= 0.3 is 6.03 Å². The van der Waals surface area contributed by atoms with Crippen molar-refractivity contribution in [1.82, 2.24) is 15.8 Å². The van der Waals surface area contributed by atoms with E-state index < -0.39 is 11.7 Å². The fourth-order valence-electron chi connectivity index (χ4n) is 2.21. The summed E-state index contributed by atoms with van der Waals surface area (Å²) in [5.41, 5.74) is 3.70. The van der Waals surface area contributed by atoms with Crippen molar-refractivity contribution in [2.45, 2.75) is 45.8 Å². The largest absolute Gasteiger partial charge is 0.341 e. The summed E-state index contributed by atoms with van der Waals surface area (Å²) in [4.78, 5) is 16.2. The summed E-state index contributed by atoms with van der Waals surface area (Å²) in [6, 6.07) is -0.316. The Bertz CT molecular complexity index is 524. The van der Waals surface area contributed by atoms with Crippen LogP contribution in [-0.2, 0) is 0 Å². The number of rotatable bonds is 6. The van der Waals surface area contributed by atoms with Crippen LogP contribution >= 0.6 is 0 Å². The number of urea groups is 1. The number of hydrazine groups is 1. The molecule has 0 radical (unpaired) electrons. The highest BCUT2D eigenvalue weighted by atomic mass is 19.1. The molecule has 1 saturated heterocycles. The van der Waals surface area contributed by atoms with E-state index in [1.54, 1.807) is 6.92 Å². The Balaban J connectivity index is 2.79. The number of aliphatic imine (C=N–C) groups is 1. The molecule has 1 aliphatic heterocycles. The number of carbonyl (C=O) groups excluding carboxylic acids is 1. The molecule has 0 saturated carbocycles. The zero-order valence-electron chi connectivity index (χ0n) is 13.7. The lowest BCUT2D eigenvalue weighted by Crippen LogP contribution is -2.42. The maximum absolute atomic E-state index is 12.8. The summed E-state index contributed by atoms with van der Waals surface area (Å²) in [5, 5.41) is 4.20. The van der Waals surface area contributed by atoms with Gasteiger partial charge in [-0.1, -0.05) is 30.9 Å². The molecule has 2 N–H and O–H groups in total. The average Bonchev–Trinajstić information content (AvgIpc) is 2.60. The van der Waals surface area contributed by atoms with Crippen molar-refractivity contribution in [3.63, 3.8) is 0 Å². The van der Waals surface area contributed by atoms with E-state index in [0.29, 0.717) is 18.0 Å². The lowest BCUT2D eigenvalue weighted by molar-refractivity contribution is 0.216. The third-order valence-electron chi connectivity index (χ3n) is 3.33. The van der Waals surface area contributed by atoms with E-state index in [4.69, 9.17) is 0 Å². The van der Waals surface area contributed by atoms with Crippen LogP contribution < -0.4 is 10.7 Å². The number of alkyl halides is 1. The van der Waals surface area contributed by atoms with Gasteiger partial charge in [-0.05, 0) is 27.7 Å². The topological polar surface area (TPSA) is 56.7 Å². The Morgan fingerprint density at radius 2 is 2.27 bits per heavy atom. The SMILES string of the molecule is C=C(C=CC)CC1(C)NC(=O)N(NC(C)=NCC(C)F)C1=C. The molecule has 0 spiro atoms. The highest BCUT2D eigenvalue weighted by molar-refractivity contribution is 5.87. The molecule has 1 aliphatic rings. The van der Waals surface area contributed by atoms with E-state index in [2.05, 4.69) is 28.9 Å². The van der Waals surface area contributed by atoms with E-state index in [1.165, 1.54) is 11.9 Å². The third-order valence-corrected chi connectivity index (χ3v) is 3.33. The minimum Gasteiger partial charge on any atom is -0.325 e. The molecule has 6 heteroatoms. The Labute approximate surface area is 131 Å². The molecule has 22 heavy (non-hydrogen) atoms. The van der Waals surface area contributed by atoms with Crippen LogP contribution in [0.15, 0.2) is 41.6 Å². The normalized spacial score (nSPS) is 23.9. The number of nitrogens with zero attached hydrogens (tertiary/aromatic N) is 2. The average molecular weight is 308 g/mol. The number of allylic oxidation sites excluding steroid dienone is 2. The first-order valence-electron chi connectivity index (χ1n) is 7.23. The van der Waals surface area contributed by atoms with Crippen molar-refractivity contribution in [3.05, 3.63) is 36.6 Å². The lowest BCUT2D eigenvalue weighted by Gasteiger charge is -2.26. The second-order valence-electron chi connectivity index (χ2n) is 5.70. The van der Waals surface area contributed by atoms with Gasteiger partial charge in [0.15, 0.2) is 0 Å². The second-order valence-corrected chi connectivity index (χ2v) is 5.70.